The predicted octanol–water partition coefficient (Wildman–Crippen LogP) is 0.858. The lowest BCUT2D eigenvalue weighted by atomic mass is 10.2. The number of carbonyl (C=O) groups is 1. The Balaban J connectivity index is 2.20. The number of ether oxygens (including phenoxy) is 1. The molecule has 1 saturated heterocycles. The maximum atomic E-state index is 11.6. The van der Waals surface area contributed by atoms with E-state index in [1.54, 1.807) is 6.20 Å². The third kappa shape index (κ3) is 2.43. The van der Waals surface area contributed by atoms with E-state index in [-0.39, 0.29) is 12.0 Å². The van der Waals surface area contributed by atoms with E-state index in [1.807, 2.05) is 17.0 Å². The first-order valence-corrected chi connectivity index (χ1v) is 6.14. The number of anilines is 1. The maximum Gasteiger partial charge on any atom is 0.328 e. The third-order valence-electron chi connectivity index (χ3n) is 3.05. The van der Waals surface area contributed by atoms with Crippen LogP contribution in [0.4, 0.5) is 5.82 Å². The zero-order valence-corrected chi connectivity index (χ0v) is 10.9. The Morgan fingerprint density at radius 2 is 2.39 bits per heavy atom. The molecule has 2 heterocycles. The highest BCUT2D eigenvalue weighted by molar-refractivity contribution is 7.80. The number of pyridine rings is 1. The molecule has 0 aliphatic carbocycles. The lowest BCUT2D eigenvalue weighted by Crippen LogP contribution is -2.37. The van der Waals surface area contributed by atoms with Crippen LogP contribution in [-0.2, 0) is 9.53 Å². The van der Waals surface area contributed by atoms with Crippen LogP contribution >= 0.6 is 12.2 Å². The SMILES string of the molecule is COC(=O)C1CCCN1c1ccc(C(N)=S)cn1. The second kappa shape index (κ2) is 5.30. The topological polar surface area (TPSA) is 68.5 Å². The number of nitrogens with zero attached hydrogens (tertiary/aromatic N) is 2. The summed E-state index contributed by atoms with van der Waals surface area (Å²) < 4.78 is 4.80. The van der Waals surface area contributed by atoms with Crippen molar-refractivity contribution in [2.45, 2.75) is 18.9 Å². The quantitative estimate of drug-likeness (QED) is 0.645. The number of aromatic nitrogens is 1. The smallest absolute Gasteiger partial charge is 0.328 e. The molecule has 6 heteroatoms. The van der Waals surface area contributed by atoms with Crippen molar-refractivity contribution in [3.63, 3.8) is 0 Å². The molecule has 1 aliphatic heterocycles. The summed E-state index contributed by atoms with van der Waals surface area (Å²) in [5.41, 5.74) is 6.24. The molecule has 1 atom stereocenters. The highest BCUT2D eigenvalue weighted by atomic mass is 32.1. The number of carbonyl (C=O) groups excluding carboxylic acids is 1. The van der Waals surface area contributed by atoms with Gasteiger partial charge in [0.25, 0.3) is 0 Å². The van der Waals surface area contributed by atoms with Gasteiger partial charge in [-0.3, -0.25) is 0 Å². The fraction of sp³-hybridized carbons (Fsp3) is 0.417. The number of nitrogens with two attached hydrogens (primary N) is 1. The fourth-order valence-electron chi connectivity index (χ4n) is 2.12. The summed E-state index contributed by atoms with van der Waals surface area (Å²) in [4.78, 5) is 18.2. The first-order chi connectivity index (χ1) is 8.63. The molecule has 2 rings (SSSR count). The van der Waals surface area contributed by atoms with Gasteiger partial charge in [-0.05, 0) is 25.0 Å². The van der Waals surface area contributed by atoms with Crippen molar-refractivity contribution in [3.05, 3.63) is 23.9 Å². The standard InChI is InChI=1S/C12H15N3O2S/c1-17-12(16)9-3-2-6-15(9)10-5-4-8(7-14-10)11(13)18/h4-5,7,9H,2-3,6H2,1H3,(H2,13,18). The van der Waals surface area contributed by atoms with Crippen molar-refractivity contribution in [2.75, 3.05) is 18.6 Å². The summed E-state index contributed by atoms with van der Waals surface area (Å²) >= 11 is 4.87. The second-order valence-electron chi connectivity index (χ2n) is 4.14. The Kier molecular flexibility index (Phi) is 3.76. The van der Waals surface area contributed by atoms with Crippen LogP contribution in [0.2, 0.25) is 0 Å². The summed E-state index contributed by atoms with van der Waals surface area (Å²) in [7, 11) is 1.40. The van der Waals surface area contributed by atoms with Gasteiger partial charge < -0.3 is 15.4 Å². The van der Waals surface area contributed by atoms with Crippen LogP contribution in [0.3, 0.4) is 0 Å². The molecule has 96 valence electrons. The second-order valence-corrected chi connectivity index (χ2v) is 4.58. The summed E-state index contributed by atoms with van der Waals surface area (Å²) in [6.07, 6.45) is 3.38. The minimum absolute atomic E-state index is 0.215. The van der Waals surface area contributed by atoms with E-state index in [9.17, 15) is 4.79 Å². The molecule has 0 radical (unpaired) electrons. The summed E-state index contributed by atoms with van der Waals surface area (Å²) in [5.74, 6) is 0.538. The van der Waals surface area contributed by atoms with Crippen LogP contribution in [-0.4, -0.2) is 35.6 Å². The van der Waals surface area contributed by atoms with Gasteiger partial charge in [0, 0.05) is 18.3 Å². The van der Waals surface area contributed by atoms with E-state index < -0.39 is 0 Å². The molecule has 0 saturated carbocycles. The maximum absolute atomic E-state index is 11.6. The van der Waals surface area contributed by atoms with Crippen LogP contribution in [0.5, 0.6) is 0 Å². The highest BCUT2D eigenvalue weighted by Gasteiger charge is 2.32. The lowest BCUT2D eigenvalue weighted by molar-refractivity contribution is -0.141. The molecule has 0 aromatic carbocycles. The number of methoxy groups -OCH3 is 1. The largest absolute Gasteiger partial charge is 0.467 e. The van der Waals surface area contributed by atoms with Gasteiger partial charge in [0.2, 0.25) is 0 Å². The molecule has 18 heavy (non-hydrogen) atoms. The van der Waals surface area contributed by atoms with Crippen LogP contribution < -0.4 is 10.6 Å². The average Bonchev–Trinajstić information content (AvgIpc) is 2.87. The van der Waals surface area contributed by atoms with Crippen molar-refractivity contribution in [1.82, 2.24) is 4.98 Å². The Hall–Kier alpha value is -1.69. The molecular weight excluding hydrogens is 250 g/mol. The van der Waals surface area contributed by atoms with Crippen LogP contribution in [0, 0.1) is 0 Å². The number of thiocarbonyl (C=S) groups is 1. The summed E-state index contributed by atoms with van der Waals surface area (Å²) in [6, 6.07) is 3.41. The molecule has 0 bridgehead atoms. The van der Waals surface area contributed by atoms with E-state index in [1.165, 1.54) is 7.11 Å². The first-order valence-electron chi connectivity index (χ1n) is 5.74. The van der Waals surface area contributed by atoms with E-state index >= 15 is 0 Å². The van der Waals surface area contributed by atoms with Crippen molar-refractivity contribution >= 4 is 29.0 Å². The Morgan fingerprint density at radius 3 is 2.94 bits per heavy atom. The molecule has 1 aromatic rings. The van der Waals surface area contributed by atoms with Crippen LogP contribution in [0.1, 0.15) is 18.4 Å². The predicted molar refractivity (Wildman–Crippen MR) is 72.5 cm³/mol. The number of hydrogen-bond donors (Lipinski definition) is 1. The van der Waals surface area contributed by atoms with Gasteiger partial charge in [0.1, 0.15) is 16.8 Å². The van der Waals surface area contributed by atoms with E-state index in [0.29, 0.717) is 4.99 Å². The Morgan fingerprint density at radius 1 is 1.61 bits per heavy atom. The Labute approximate surface area is 111 Å². The van der Waals surface area contributed by atoms with Gasteiger partial charge in [-0.2, -0.15) is 0 Å². The average molecular weight is 265 g/mol. The minimum Gasteiger partial charge on any atom is -0.467 e. The molecule has 5 nitrogen and oxygen atoms in total. The fourth-order valence-corrected chi connectivity index (χ4v) is 2.24. The molecule has 0 spiro atoms. The van der Waals surface area contributed by atoms with Crippen molar-refractivity contribution in [1.29, 1.82) is 0 Å². The normalized spacial score (nSPS) is 18.7. The first kappa shape index (κ1) is 12.8. The van der Waals surface area contributed by atoms with Gasteiger partial charge in [0.05, 0.1) is 7.11 Å². The lowest BCUT2D eigenvalue weighted by Gasteiger charge is -2.23. The van der Waals surface area contributed by atoms with Crippen molar-refractivity contribution < 1.29 is 9.53 Å². The molecule has 1 aromatic heterocycles. The minimum atomic E-state index is -0.238. The number of hydrogen-bond acceptors (Lipinski definition) is 5. The number of rotatable bonds is 3. The zero-order valence-electron chi connectivity index (χ0n) is 10.1. The van der Waals surface area contributed by atoms with Crippen molar-refractivity contribution in [3.8, 4) is 0 Å². The van der Waals surface area contributed by atoms with E-state index in [0.717, 1.165) is 30.8 Å². The van der Waals surface area contributed by atoms with Gasteiger partial charge in [-0.15, -0.1) is 0 Å². The molecule has 2 N–H and O–H groups in total. The summed E-state index contributed by atoms with van der Waals surface area (Å²) in [5, 5.41) is 0. The van der Waals surface area contributed by atoms with E-state index in [2.05, 4.69) is 4.98 Å². The monoisotopic (exact) mass is 265 g/mol. The van der Waals surface area contributed by atoms with Crippen molar-refractivity contribution in [2.24, 2.45) is 5.73 Å². The van der Waals surface area contributed by atoms with Gasteiger partial charge in [0.15, 0.2) is 0 Å². The molecular formula is C12H15N3O2S. The van der Waals surface area contributed by atoms with E-state index in [4.69, 9.17) is 22.7 Å². The van der Waals surface area contributed by atoms with Gasteiger partial charge >= 0.3 is 5.97 Å². The Bertz CT molecular complexity index is 461. The summed E-state index contributed by atoms with van der Waals surface area (Å²) in [6.45, 7) is 0.805. The number of esters is 1. The highest BCUT2D eigenvalue weighted by Crippen LogP contribution is 2.24. The van der Waals surface area contributed by atoms with Crippen LogP contribution in [0.25, 0.3) is 0 Å². The molecule has 0 amide bonds. The van der Waals surface area contributed by atoms with Crippen LogP contribution in [0.15, 0.2) is 18.3 Å². The molecule has 1 fully saturated rings. The zero-order chi connectivity index (χ0) is 13.1. The van der Waals surface area contributed by atoms with Gasteiger partial charge in [-0.25, -0.2) is 9.78 Å². The molecule has 1 unspecified atom stereocenters. The molecule has 1 aliphatic rings. The van der Waals surface area contributed by atoms with Gasteiger partial charge in [-0.1, -0.05) is 12.2 Å². The third-order valence-corrected chi connectivity index (χ3v) is 3.29.